The van der Waals surface area contributed by atoms with Gasteiger partial charge in [0.2, 0.25) is 17.7 Å². The lowest BCUT2D eigenvalue weighted by Crippen LogP contribution is -2.54. The highest BCUT2D eigenvalue weighted by molar-refractivity contribution is 8.01. The van der Waals surface area contributed by atoms with Crippen LogP contribution in [0.4, 0.5) is 5.69 Å². The summed E-state index contributed by atoms with van der Waals surface area (Å²) in [7, 11) is 0. The van der Waals surface area contributed by atoms with Gasteiger partial charge >= 0.3 is 0 Å². The van der Waals surface area contributed by atoms with E-state index in [1.807, 2.05) is 31.2 Å². The summed E-state index contributed by atoms with van der Waals surface area (Å²) in [5, 5.41) is 3.46. The lowest BCUT2D eigenvalue weighted by molar-refractivity contribution is -0.139. The number of hydrogen-bond acceptors (Lipinski definition) is 5. The summed E-state index contributed by atoms with van der Waals surface area (Å²) < 4.78 is 0. The van der Waals surface area contributed by atoms with Gasteiger partial charge in [0, 0.05) is 49.1 Å². The quantitative estimate of drug-likeness (QED) is 0.775. The van der Waals surface area contributed by atoms with Crippen LogP contribution >= 0.6 is 23.4 Å². The van der Waals surface area contributed by atoms with Crippen molar-refractivity contribution in [1.82, 2.24) is 15.1 Å². The number of thioether (sulfide) groups is 1. The Labute approximate surface area is 179 Å². The number of carbonyl (C=O) groups excluding carboxylic acids is 3. The van der Waals surface area contributed by atoms with Crippen molar-refractivity contribution in [2.24, 2.45) is 0 Å². The number of benzene rings is 1. The molecule has 29 heavy (non-hydrogen) atoms. The van der Waals surface area contributed by atoms with Crippen LogP contribution in [-0.4, -0.2) is 76.9 Å². The van der Waals surface area contributed by atoms with Crippen LogP contribution in [0.25, 0.3) is 0 Å². The van der Waals surface area contributed by atoms with Crippen molar-refractivity contribution >= 4 is 46.8 Å². The van der Waals surface area contributed by atoms with Crippen LogP contribution in [0.3, 0.4) is 0 Å². The van der Waals surface area contributed by atoms with E-state index in [1.54, 1.807) is 21.6 Å². The second-order valence-electron chi connectivity index (χ2n) is 7.83. The number of halogens is 1. The van der Waals surface area contributed by atoms with Gasteiger partial charge in [-0.2, -0.15) is 0 Å². The first-order valence-corrected chi connectivity index (χ1v) is 11.3. The molecule has 3 fully saturated rings. The first-order valence-electron chi connectivity index (χ1n) is 9.89. The zero-order chi connectivity index (χ0) is 20.6. The van der Waals surface area contributed by atoms with Gasteiger partial charge in [0.05, 0.1) is 11.4 Å². The van der Waals surface area contributed by atoms with Crippen LogP contribution < -0.4 is 10.2 Å². The van der Waals surface area contributed by atoms with Gasteiger partial charge in [-0.25, -0.2) is 0 Å². The van der Waals surface area contributed by atoms with E-state index in [0.29, 0.717) is 30.3 Å². The molecule has 2 atom stereocenters. The van der Waals surface area contributed by atoms with Crippen LogP contribution in [0.5, 0.6) is 0 Å². The Morgan fingerprint density at radius 2 is 1.90 bits per heavy atom. The summed E-state index contributed by atoms with van der Waals surface area (Å²) in [4.78, 5) is 42.8. The molecule has 3 amide bonds. The maximum absolute atomic E-state index is 12.6. The second kappa shape index (κ2) is 8.07. The summed E-state index contributed by atoms with van der Waals surface area (Å²) in [6.45, 7) is 4.68. The fourth-order valence-corrected chi connectivity index (χ4v) is 5.83. The number of anilines is 1. The van der Waals surface area contributed by atoms with E-state index in [1.165, 1.54) is 0 Å². The lowest BCUT2D eigenvalue weighted by Gasteiger charge is -2.36. The highest BCUT2D eigenvalue weighted by atomic mass is 35.5. The molecule has 7 nitrogen and oxygen atoms in total. The SMILES string of the molecule is CC12CCC(=O)N1C(C(=O)NCC(=O)N1CCN(c3ccc(Cl)cc3)CC1)CS2. The van der Waals surface area contributed by atoms with Crippen LogP contribution in [0, 0.1) is 0 Å². The molecule has 0 radical (unpaired) electrons. The van der Waals surface area contributed by atoms with Crippen molar-refractivity contribution in [2.45, 2.75) is 30.7 Å². The molecular weight excluding hydrogens is 412 g/mol. The van der Waals surface area contributed by atoms with Crippen molar-refractivity contribution in [3.8, 4) is 0 Å². The maximum Gasteiger partial charge on any atom is 0.244 e. The zero-order valence-corrected chi connectivity index (χ0v) is 18.0. The highest BCUT2D eigenvalue weighted by Crippen LogP contribution is 2.47. The average molecular weight is 437 g/mol. The normalized spacial score (nSPS) is 26.6. The Morgan fingerprint density at radius 1 is 1.21 bits per heavy atom. The molecule has 3 saturated heterocycles. The summed E-state index contributed by atoms with van der Waals surface area (Å²) in [5.41, 5.74) is 1.09. The Morgan fingerprint density at radius 3 is 2.59 bits per heavy atom. The molecule has 9 heteroatoms. The van der Waals surface area contributed by atoms with Crippen LogP contribution in [0.2, 0.25) is 5.02 Å². The first kappa shape index (κ1) is 20.3. The molecule has 0 bridgehead atoms. The van der Waals surface area contributed by atoms with E-state index >= 15 is 0 Å². The number of nitrogens with one attached hydrogen (secondary N) is 1. The maximum atomic E-state index is 12.6. The van der Waals surface area contributed by atoms with Gasteiger partial charge in [-0.15, -0.1) is 11.8 Å². The summed E-state index contributed by atoms with van der Waals surface area (Å²) >= 11 is 7.59. The van der Waals surface area contributed by atoms with Crippen LogP contribution in [0.15, 0.2) is 24.3 Å². The monoisotopic (exact) mass is 436 g/mol. The molecule has 0 saturated carbocycles. The third-order valence-corrected chi connectivity index (χ3v) is 7.74. The topological polar surface area (TPSA) is 73.0 Å². The van der Waals surface area contributed by atoms with Crippen molar-refractivity contribution in [3.05, 3.63) is 29.3 Å². The van der Waals surface area contributed by atoms with Gasteiger partial charge in [-0.05, 0) is 37.6 Å². The van der Waals surface area contributed by atoms with Gasteiger partial charge in [0.15, 0.2) is 0 Å². The van der Waals surface area contributed by atoms with Crippen molar-refractivity contribution in [3.63, 3.8) is 0 Å². The van der Waals surface area contributed by atoms with E-state index in [9.17, 15) is 14.4 Å². The van der Waals surface area contributed by atoms with Crippen LogP contribution in [-0.2, 0) is 14.4 Å². The molecule has 156 valence electrons. The molecular formula is C20H25ClN4O3S. The number of piperazine rings is 1. The molecule has 4 rings (SSSR count). The van der Waals surface area contributed by atoms with Crippen molar-refractivity contribution in [1.29, 1.82) is 0 Å². The fourth-order valence-electron chi connectivity index (χ4n) is 4.27. The molecule has 3 aliphatic heterocycles. The van der Waals surface area contributed by atoms with Crippen molar-refractivity contribution < 1.29 is 14.4 Å². The molecule has 1 N–H and O–H groups in total. The number of nitrogens with zero attached hydrogens (tertiary/aromatic N) is 3. The van der Waals surface area contributed by atoms with E-state index in [0.717, 1.165) is 25.2 Å². The Kier molecular flexibility index (Phi) is 5.66. The number of hydrogen-bond donors (Lipinski definition) is 1. The Hall–Kier alpha value is -1.93. The van der Waals surface area contributed by atoms with Gasteiger partial charge in [0.1, 0.15) is 6.04 Å². The largest absolute Gasteiger partial charge is 0.368 e. The standard InChI is InChI=1S/C20H25ClN4O3S/c1-20-7-6-17(26)25(20)16(13-29-20)19(28)22-12-18(27)24-10-8-23(9-11-24)15-4-2-14(21)3-5-15/h2-5,16H,6-13H2,1H3,(H,22,28). The number of rotatable bonds is 4. The molecule has 0 spiro atoms. The predicted octanol–water partition coefficient (Wildman–Crippen LogP) is 1.56. The Balaban J connectivity index is 1.26. The minimum Gasteiger partial charge on any atom is -0.368 e. The summed E-state index contributed by atoms with van der Waals surface area (Å²) in [6.07, 6.45) is 1.27. The van der Waals surface area contributed by atoms with Crippen molar-refractivity contribution in [2.75, 3.05) is 43.4 Å². The Bertz CT molecular complexity index is 812. The molecule has 1 aromatic carbocycles. The third kappa shape index (κ3) is 4.05. The predicted molar refractivity (Wildman–Crippen MR) is 114 cm³/mol. The molecule has 1 aromatic rings. The molecule has 3 aliphatic rings. The number of carbonyl (C=O) groups is 3. The average Bonchev–Trinajstić information content (AvgIpc) is 3.22. The van der Waals surface area contributed by atoms with E-state index in [-0.39, 0.29) is 29.1 Å². The van der Waals surface area contributed by atoms with Gasteiger partial charge in [-0.1, -0.05) is 11.6 Å². The third-order valence-electron chi connectivity index (χ3n) is 5.99. The minimum atomic E-state index is -0.477. The van der Waals surface area contributed by atoms with E-state index < -0.39 is 6.04 Å². The highest BCUT2D eigenvalue weighted by Gasteiger charge is 2.52. The van der Waals surface area contributed by atoms with Gasteiger partial charge < -0.3 is 20.0 Å². The first-order chi connectivity index (χ1) is 13.9. The molecule has 2 unspecified atom stereocenters. The summed E-state index contributed by atoms with van der Waals surface area (Å²) in [6, 6.07) is 7.21. The molecule has 3 heterocycles. The second-order valence-corrected chi connectivity index (χ2v) is 9.77. The molecule has 0 aliphatic carbocycles. The summed E-state index contributed by atoms with van der Waals surface area (Å²) in [5.74, 6) is 0.296. The van der Waals surface area contributed by atoms with Crippen LogP contribution in [0.1, 0.15) is 19.8 Å². The number of fused-ring (bicyclic) bond motifs is 1. The lowest BCUT2D eigenvalue weighted by atomic mass is 10.2. The minimum absolute atomic E-state index is 0.0281. The van der Waals surface area contributed by atoms with Gasteiger partial charge in [0.25, 0.3) is 0 Å². The zero-order valence-electron chi connectivity index (χ0n) is 16.4. The van der Waals surface area contributed by atoms with Gasteiger partial charge in [-0.3, -0.25) is 14.4 Å². The number of amides is 3. The smallest absolute Gasteiger partial charge is 0.244 e. The fraction of sp³-hybridized carbons (Fsp3) is 0.550. The van der Waals surface area contributed by atoms with E-state index in [2.05, 4.69) is 10.2 Å². The van der Waals surface area contributed by atoms with E-state index in [4.69, 9.17) is 11.6 Å². The molecule has 0 aromatic heterocycles.